The van der Waals surface area contributed by atoms with Crippen molar-refractivity contribution in [2.75, 3.05) is 25.6 Å². The molecule has 0 saturated heterocycles. The number of ether oxygens (including phenoxy) is 1. The second kappa shape index (κ2) is 10.1. The Morgan fingerprint density at radius 1 is 1.07 bits per heavy atom. The molecule has 1 amide bonds. The van der Waals surface area contributed by atoms with Crippen molar-refractivity contribution in [3.05, 3.63) is 72.1 Å². The summed E-state index contributed by atoms with van der Waals surface area (Å²) in [5, 5.41) is 13.7. The number of rotatable bonds is 9. The van der Waals surface area contributed by atoms with E-state index < -0.39 is 12.0 Å². The first-order valence-electron chi connectivity index (χ1n) is 9.49. The molecule has 1 aromatic heterocycles. The van der Waals surface area contributed by atoms with Gasteiger partial charge in [0.1, 0.15) is 6.33 Å². The van der Waals surface area contributed by atoms with E-state index in [2.05, 4.69) is 20.8 Å². The molecule has 0 radical (unpaired) electrons. The van der Waals surface area contributed by atoms with E-state index >= 15 is 0 Å². The molecule has 1 N–H and O–H groups in total. The lowest BCUT2D eigenvalue weighted by atomic mass is 10.1. The standard InChI is InChI=1S/C21H24N6O3/c1-26(2)18-10-8-17(9-11-18)13-22-20(28)14-30-21(29)19(27-15-23-24-25-27)12-16-6-4-3-5-7-16/h3-11,15,19H,12-14H2,1-2H3,(H,22,28)/t19-/m1/s1. The number of carbonyl (C=O) groups is 2. The average molecular weight is 408 g/mol. The summed E-state index contributed by atoms with van der Waals surface area (Å²) in [5.74, 6) is -0.952. The predicted molar refractivity (Wildman–Crippen MR) is 111 cm³/mol. The summed E-state index contributed by atoms with van der Waals surface area (Å²) in [5.41, 5.74) is 2.96. The number of hydrogen-bond acceptors (Lipinski definition) is 7. The molecule has 3 aromatic rings. The largest absolute Gasteiger partial charge is 0.454 e. The fourth-order valence-corrected chi connectivity index (χ4v) is 2.83. The molecule has 9 heteroatoms. The van der Waals surface area contributed by atoms with Crippen LogP contribution in [0.5, 0.6) is 0 Å². The number of hydrogen-bond donors (Lipinski definition) is 1. The summed E-state index contributed by atoms with van der Waals surface area (Å²) >= 11 is 0. The van der Waals surface area contributed by atoms with Crippen molar-refractivity contribution in [2.24, 2.45) is 0 Å². The Balaban J connectivity index is 1.52. The van der Waals surface area contributed by atoms with Gasteiger partial charge in [0.15, 0.2) is 12.6 Å². The number of nitrogens with zero attached hydrogens (tertiary/aromatic N) is 5. The zero-order valence-electron chi connectivity index (χ0n) is 16.9. The lowest BCUT2D eigenvalue weighted by Gasteiger charge is -2.15. The summed E-state index contributed by atoms with van der Waals surface area (Å²) in [6.07, 6.45) is 1.71. The van der Waals surface area contributed by atoms with Crippen LogP contribution in [0.15, 0.2) is 60.9 Å². The molecule has 0 aliphatic heterocycles. The van der Waals surface area contributed by atoms with Crippen LogP contribution in [-0.2, 0) is 27.3 Å². The van der Waals surface area contributed by atoms with E-state index in [0.29, 0.717) is 13.0 Å². The second-order valence-corrected chi connectivity index (χ2v) is 6.94. The summed E-state index contributed by atoms with van der Waals surface area (Å²) < 4.78 is 6.56. The third-order valence-corrected chi connectivity index (χ3v) is 4.52. The van der Waals surface area contributed by atoms with Crippen LogP contribution in [0.2, 0.25) is 0 Å². The van der Waals surface area contributed by atoms with Crippen molar-refractivity contribution in [3.8, 4) is 0 Å². The van der Waals surface area contributed by atoms with Crippen molar-refractivity contribution in [2.45, 2.75) is 19.0 Å². The van der Waals surface area contributed by atoms with Gasteiger partial charge in [-0.05, 0) is 33.7 Å². The van der Waals surface area contributed by atoms with Crippen LogP contribution in [0.1, 0.15) is 17.2 Å². The van der Waals surface area contributed by atoms with Crippen molar-refractivity contribution in [1.82, 2.24) is 25.5 Å². The van der Waals surface area contributed by atoms with Crippen LogP contribution in [0.4, 0.5) is 5.69 Å². The number of esters is 1. The van der Waals surface area contributed by atoms with E-state index in [9.17, 15) is 9.59 Å². The molecule has 3 rings (SSSR count). The van der Waals surface area contributed by atoms with Gasteiger partial charge in [0.05, 0.1) is 0 Å². The van der Waals surface area contributed by atoms with Crippen molar-refractivity contribution in [3.63, 3.8) is 0 Å². The topological polar surface area (TPSA) is 102 Å². The van der Waals surface area contributed by atoms with Gasteiger partial charge in [-0.1, -0.05) is 42.5 Å². The first kappa shape index (κ1) is 21.0. The van der Waals surface area contributed by atoms with Crippen LogP contribution in [0.3, 0.4) is 0 Å². The summed E-state index contributed by atoms with van der Waals surface area (Å²) in [7, 11) is 3.93. The van der Waals surface area contributed by atoms with E-state index in [1.807, 2.05) is 73.6 Å². The first-order valence-corrected chi connectivity index (χ1v) is 9.49. The van der Waals surface area contributed by atoms with Gasteiger partial charge < -0.3 is 15.0 Å². The quantitative estimate of drug-likeness (QED) is 0.534. The van der Waals surface area contributed by atoms with Gasteiger partial charge in [-0.25, -0.2) is 9.48 Å². The molecule has 156 valence electrons. The first-order chi connectivity index (χ1) is 14.5. The Labute approximate surface area is 174 Å². The van der Waals surface area contributed by atoms with Gasteiger partial charge in [0.25, 0.3) is 5.91 Å². The monoisotopic (exact) mass is 408 g/mol. The molecule has 2 aromatic carbocycles. The normalized spacial score (nSPS) is 11.5. The second-order valence-electron chi connectivity index (χ2n) is 6.94. The van der Waals surface area contributed by atoms with E-state index in [1.165, 1.54) is 11.0 Å². The molecule has 9 nitrogen and oxygen atoms in total. The van der Waals surface area contributed by atoms with Crippen LogP contribution < -0.4 is 10.2 Å². The van der Waals surface area contributed by atoms with Crippen molar-refractivity contribution in [1.29, 1.82) is 0 Å². The number of tetrazole rings is 1. The van der Waals surface area contributed by atoms with Crippen LogP contribution in [0, 0.1) is 0 Å². The van der Waals surface area contributed by atoms with Gasteiger partial charge in [0.2, 0.25) is 0 Å². The summed E-state index contributed by atoms with van der Waals surface area (Å²) in [6, 6.07) is 16.5. The fraction of sp³-hybridized carbons (Fsp3) is 0.286. The van der Waals surface area contributed by atoms with Gasteiger partial charge in [-0.2, -0.15) is 0 Å². The number of aromatic nitrogens is 4. The number of anilines is 1. The predicted octanol–water partition coefficient (Wildman–Crippen LogP) is 1.38. The minimum absolute atomic E-state index is 0.352. The van der Waals surface area contributed by atoms with E-state index in [-0.39, 0.29) is 12.5 Å². The minimum atomic E-state index is -0.756. The Bertz CT molecular complexity index is 943. The number of nitrogens with one attached hydrogen (secondary N) is 1. The molecular weight excluding hydrogens is 384 g/mol. The third-order valence-electron chi connectivity index (χ3n) is 4.52. The van der Waals surface area contributed by atoms with E-state index in [0.717, 1.165) is 16.8 Å². The average Bonchev–Trinajstić information content (AvgIpc) is 3.30. The van der Waals surface area contributed by atoms with Crippen molar-refractivity contribution < 1.29 is 14.3 Å². The molecule has 1 atom stereocenters. The van der Waals surface area contributed by atoms with Crippen molar-refractivity contribution >= 4 is 17.6 Å². The van der Waals surface area contributed by atoms with Gasteiger partial charge in [-0.15, -0.1) is 5.10 Å². The van der Waals surface area contributed by atoms with E-state index in [4.69, 9.17) is 4.74 Å². The van der Waals surface area contributed by atoms with Crippen LogP contribution >= 0.6 is 0 Å². The highest BCUT2D eigenvalue weighted by Crippen LogP contribution is 2.15. The fourth-order valence-electron chi connectivity index (χ4n) is 2.83. The maximum Gasteiger partial charge on any atom is 0.331 e. The molecule has 30 heavy (non-hydrogen) atoms. The van der Waals surface area contributed by atoms with Gasteiger partial charge in [-0.3, -0.25) is 4.79 Å². The summed E-state index contributed by atoms with van der Waals surface area (Å²) in [4.78, 5) is 26.7. The Hall–Kier alpha value is -3.75. The number of carbonyl (C=O) groups excluding carboxylic acids is 2. The van der Waals surface area contributed by atoms with Gasteiger partial charge >= 0.3 is 5.97 Å². The van der Waals surface area contributed by atoms with E-state index in [1.54, 1.807) is 0 Å². The zero-order chi connectivity index (χ0) is 21.3. The lowest BCUT2D eigenvalue weighted by molar-refractivity contribution is -0.152. The molecular formula is C21H24N6O3. The maximum absolute atomic E-state index is 12.6. The Morgan fingerprint density at radius 3 is 2.43 bits per heavy atom. The molecule has 0 saturated carbocycles. The molecule has 0 aliphatic carbocycles. The SMILES string of the molecule is CN(C)c1ccc(CNC(=O)COC(=O)[C@@H](Cc2ccccc2)n2cnnn2)cc1. The number of amides is 1. The molecule has 0 bridgehead atoms. The molecule has 0 spiro atoms. The third kappa shape index (κ3) is 5.87. The molecule has 1 heterocycles. The smallest absolute Gasteiger partial charge is 0.331 e. The molecule has 0 fully saturated rings. The highest BCUT2D eigenvalue weighted by Gasteiger charge is 2.24. The van der Waals surface area contributed by atoms with Crippen LogP contribution in [-0.4, -0.2) is 52.8 Å². The maximum atomic E-state index is 12.6. The Morgan fingerprint density at radius 2 is 1.80 bits per heavy atom. The Kier molecular flexibility index (Phi) is 7.09. The van der Waals surface area contributed by atoms with Crippen LogP contribution in [0.25, 0.3) is 0 Å². The lowest BCUT2D eigenvalue weighted by Crippen LogP contribution is -2.31. The highest BCUT2D eigenvalue weighted by atomic mass is 16.5. The minimum Gasteiger partial charge on any atom is -0.454 e. The highest BCUT2D eigenvalue weighted by molar-refractivity contribution is 5.81. The molecule has 0 aliphatic rings. The molecule has 0 unspecified atom stereocenters. The summed E-state index contributed by atoms with van der Waals surface area (Å²) in [6.45, 7) is -0.0213. The van der Waals surface area contributed by atoms with Gasteiger partial charge in [0, 0.05) is 32.7 Å². The number of benzene rings is 2. The zero-order valence-corrected chi connectivity index (χ0v) is 16.9.